The van der Waals surface area contributed by atoms with Crippen molar-refractivity contribution in [1.29, 1.82) is 0 Å². The molecule has 0 atom stereocenters. The fourth-order valence-corrected chi connectivity index (χ4v) is 1.83. The van der Waals surface area contributed by atoms with E-state index in [9.17, 15) is 8.42 Å². The molecule has 0 aliphatic carbocycles. The Morgan fingerprint density at radius 3 is 2.20 bits per heavy atom. The molecule has 0 spiro atoms. The Kier molecular flexibility index (Phi) is 3.99. The molecule has 0 saturated carbocycles. The first kappa shape index (κ1) is 12.3. The number of hydrogen-bond acceptors (Lipinski definition) is 3. The second kappa shape index (κ2) is 4.86. The Labute approximate surface area is 94.6 Å². The van der Waals surface area contributed by atoms with Crippen molar-refractivity contribution >= 4 is 20.0 Å². The van der Waals surface area contributed by atoms with Crippen LogP contribution in [-0.4, -0.2) is 8.42 Å². The third-order valence-corrected chi connectivity index (χ3v) is 2.34. The van der Waals surface area contributed by atoms with Gasteiger partial charge in [0.1, 0.15) is 5.75 Å². The molecule has 0 amide bonds. The van der Waals surface area contributed by atoms with Gasteiger partial charge in [-0.3, -0.25) is 0 Å². The summed E-state index contributed by atoms with van der Waals surface area (Å²) in [5.41, 5.74) is 1.14. The van der Waals surface area contributed by atoms with Crippen molar-refractivity contribution in [3.63, 3.8) is 0 Å². The molecule has 0 N–H and O–H groups in total. The molecule has 0 fully saturated rings. The second-order valence-electron chi connectivity index (χ2n) is 3.72. The maximum atomic E-state index is 10.6. The third-order valence-electron chi connectivity index (χ3n) is 1.76. The average Bonchev–Trinajstić information content (AvgIpc) is 2.05. The summed E-state index contributed by atoms with van der Waals surface area (Å²) in [4.78, 5) is 0. The number of benzene rings is 1. The average molecular weight is 249 g/mol. The van der Waals surface area contributed by atoms with Crippen LogP contribution in [0.1, 0.15) is 19.4 Å². The fraction of sp³-hybridized carbons (Fsp3) is 0.400. The molecular formula is C10H13ClO3S. The highest BCUT2D eigenvalue weighted by atomic mass is 35.7. The summed E-state index contributed by atoms with van der Waals surface area (Å²) in [5.74, 6) is 0.797. The molecule has 0 saturated heterocycles. The Bertz CT molecular complexity index is 409. The van der Waals surface area contributed by atoms with Gasteiger partial charge in [-0.1, -0.05) is 26.0 Å². The van der Waals surface area contributed by atoms with Gasteiger partial charge in [0.25, 0.3) is 0 Å². The van der Waals surface area contributed by atoms with E-state index in [-0.39, 0.29) is 5.75 Å². The summed E-state index contributed by atoms with van der Waals surface area (Å²) < 4.78 is 25.7. The highest BCUT2D eigenvalue weighted by Crippen LogP contribution is 2.17. The van der Waals surface area contributed by atoms with E-state index in [1.54, 1.807) is 12.1 Å². The molecule has 1 aromatic rings. The van der Waals surface area contributed by atoms with Gasteiger partial charge in [0.2, 0.25) is 0 Å². The summed E-state index contributed by atoms with van der Waals surface area (Å²) in [6, 6.07) is 6.85. The van der Waals surface area contributed by atoms with Crippen molar-refractivity contribution in [2.45, 2.75) is 20.3 Å². The summed E-state index contributed by atoms with van der Waals surface area (Å²) in [6.07, 6.45) is 0.952. The minimum Gasteiger partial charge on any atom is -0.371 e. The van der Waals surface area contributed by atoms with Gasteiger partial charge in [-0.15, -0.1) is 0 Å². The molecule has 0 heterocycles. The highest BCUT2D eigenvalue weighted by molar-refractivity contribution is 8.10. The van der Waals surface area contributed by atoms with Crippen molar-refractivity contribution in [2.24, 2.45) is 5.92 Å². The summed E-state index contributed by atoms with van der Waals surface area (Å²) in [7, 11) is 1.00. The molecule has 1 aromatic carbocycles. The van der Waals surface area contributed by atoms with E-state index in [0.29, 0.717) is 5.92 Å². The molecule has 0 radical (unpaired) electrons. The Morgan fingerprint density at radius 2 is 1.80 bits per heavy atom. The highest BCUT2D eigenvalue weighted by Gasteiger charge is 2.06. The lowest BCUT2D eigenvalue weighted by Gasteiger charge is -2.05. The monoisotopic (exact) mass is 248 g/mol. The topological polar surface area (TPSA) is 43.4 Å². The molecule has 0 aliphatic rings. The van der Waals surface area contributed by atoms with Crippen LogP contribution in [-0.2, 0) is 15.8 Å². The van der Waals surface area contributed by atoms with E-state index in [1.807, 2.05) is 12.1 Å². The Morgan fingerprint density at radius 1 is 1.27 bits per heavy atom. The van der Waals surface area contributed by atoms with Crippen molar-refractivity contribution in [1.82, 2.24) is 0 Å². The molecule has 15 heavy (non-hydrogen) atoms. The quantitative estimate of drug-likeness (QED) is 0.770. The molecule has 84 valence electrons. The van der Waals surface area contributed by atoms with Crippen molar-refractivity contribution in [2.75, 3.05) is 0 Å². The molecule has 3 nitrogen and oxygen atoms in total. The Hall–Kier alpha value is -0.740. The second-order valence-corrected chi connectivity index (χ2v) is 5.81. The van der Waals surface area contributed by atoms with Gasteiger partial charge in [0.05, 0.1) is 10.7 Å². The molecule has 0 bridgehead atoms. The first-order chi connectivity index (χ1) is 6.87. The van der Waals surface area contributed by atoms with Crippen LogP contribution in [0.4, 0.5) is 0 Å². The molecule has 0 aliphatic heterocycles. The van der Waals surface area contributed by atoms with Crippen molar-refractivity contribution in [3.05, 3.63) is 29.8 Å². The van der Waals surface area contributed by atoms with Crippen LogP contribution in [0.3, 0.4) is 0 Å². The normalized spacial score (nSPS) is 11.7. The van der Waals surface area contributed by atoms with Gasteiger partial charge >= 0.3 is 9.33 Å². The van der Waals surface area contributed by atoms with Crippen LogP contribution in [0.5, 0.6) is 5.75 Å². The lowest BCUT2D eigenvalue weighted by Crippen LogP contribution is -2.00. The first-order valence-electron chi connectivity index (χ1n) is 4.60. The first-order valence-corrected chi connectivity index (χ1v) is 6.83. The van der Waals surface area contributed by atoms with Gasteiger partial charge < -0.3 is 4.18 Å². The van der Waals surface area contributed by atoms with Gasteiger partial charge in [0.15, 0.2) is 0 Å². The molecular weight excluding hydrogens is 236 g/mol. The van der Waals surface area contributed by atoms with E-state index in [4.69, 9.17) is 10.7 Å². The zero-order valence-corrected chi connectivity index (χ0v) is 10.2. The molecule has 1 rings (SSSR count). The summed E-state index contributed by atoms with van der Waals surface area (Å²) >= 11 is 0. The van der Waals surface area contributed by atoms with E-state index in [0.717, 1.165) is 12.0 Å². The summed E-state index contributed by atoms with van der Waals surface area (Å²) in [5, 5.41) is 0. The summed E-state index contributed by atoms with van der Waals surface area (Å²) in [6.45, 7) is 4.24. The van der Waals surface area contributed by atoms with Crippen LogP contribution in [0.25, 0.3) is 0 Å². The van der Waals surface area contributed by atoms with Gasteiger partial charge in [-0.25, -0.2) is 0 Å². The smallest absolute Gasteiger partial charge is 0.371 e. The fourth-order valence-electron chi connectivity index (χ4n) is 1.27. The van der Waals surface area contributed by atoms with Crippen molar-refractivity contribution in [3.8, 4) is 5.75 Å². The zero-order chi connectivity index (χ0) is 11.5. The molecule has 0 aromatic heterocycles. The largest absolute Gasteiger partial charge is 0.401 e. The predicted molar refractivity (Wildman–Crippen MR) is 60.4 cm³/mol. The van der Waals surface area contributed by atoms with Crippen LogP contribution >= 0.6 is 10.7 Å². The van der Waals surface area contributed by atoms with Crippen LogP contribution in [0.2, 0.25) is 0 Å². The predicted octanol–water partition coefficient (Wildman–Crippen LogP) is 2.75. The Balaban J connectivity index is 2.73. The number of halogens is 1. The molecule has 0 unspecified atom stereocenters. The maximum Gasteiger partial charge on any atom is 0.401 e. The number of hydrogen-bond donors (Lipinski definition) is 0. The van der Waals surface area contributed by atoms with Crippen LogP contribution in [0.15, 0.2) is 24.3 Å². The van der Waals surface area contributed by atoms with Gasteiger partial charge in [-0.05, 0) is 30.0 Å². The van der Waals surface area contributed by atoms with E-state index < -0.39 is 9.33 Å². The van der Waals surface area contributed by atoms with Crippen LogP contribution in [0, 0.1) is 5.92 Å². The van der Waals surface area contributed by atoms with E-state index in [1.165, 1.54) is 0 Å². The lowest BCUT2D eigenvalue weighted by molar-refractivity contribution is 0.503. The number of rotatable bonds is 4. The minimum absolute atomic E-state index is 0.234. The minimum atomic E-state index is -3.94. The third kappa shape index (κ3) is 5.04. The van der Waals surface area contributed by atoms with Gasteiger partial charge in [-0.2, -0.15) is 8.42 Å². The zero-order valence-electron chi connectivity index (χ0n) is 8.60. The maximum absolute atomic E-state index is 10.6. The molecule has 5 heteroatoms. The van der Waals surface area contributed by atoms with Crippen LogP contribution < -0.4 is 4.18 Å². The lowest BCUT2D eigenvalue weighted by atomic mass is 10.0. The SMILES string of the molecule is CC(C)Cc1ccc(OS(=O)(=O)Cl)cc1. The standard InChI is InChI=1S/C10H13ClO3S/c1-8(2)7-9-3-5-10(6-4-9)14-15(11,12)13/h3-6,8H,7H2,1-2H3. The van der Waals surface area contributed by atoms with Crippen molar-refractivity contribution < 1.29 is 12.6 Å². The van der Waals surface area contributed by atoms with E-state index in [2.05, 4.69) is 18.0 Å². The van der Waals surface area contributed by atoms with Gasteiger partial charge in [0, 0.05) is 0 Å². The van der Waals surface area contributed by atoms with E-state index >= 15 is 0 Å².